The van der Waals surface area contributed by atoms with E-state index >= 15 is 0 Å². The van der Waals surface area contributed by atoms with Crippen molar-refractivity contribution in [3.63, 3.8) is 0 Å². The third-order valence-electron chi connectivity index (χ3n) is 3.58. The van der Waals surface area contributed by atoms with E-state index < -0.39 is 12.0 Å². The number of ether oxygens (including phenoxy) is 1. The van der Waals surface area contributed by atoms with E-state index in [0.29, 0.717) is 6.54 Å². The number of esters is 1. The van der Waals surface area contributed by atoms with Gasteiger partial charge in [0.15, 0.2) is 0 Å². The van der Waals surface area contributed by atoms with Crippen molar-refractivity contribution in [2.45, 2.75) is 33.2 Å². The zero-order valence-corrected chi connectivity index (χ0v) is 13.1. The minimum atomic E-state index is -0.634. The maximum atomic E-state index is 12.4. The van der Waals surface area contributed by atoms with E-state index in [2.05, 4.69) is 5.32 Å². The van der Waals surface area contributed by atoms with Crippen molar-refractivity contribution in [3.8, 4) is 0 Å². The molecule has 0 unspecified atom stereocenters. The summed E-state index contributed by atoms with van der Waals surface area (Å²) in [5, 5.41) is 2.78. The van der Waals surface area contributed by atoms with E-state index in [-0.39, 0.29) is 11.9 Å². The summed E-state index contributed by atoms with van der Waals surface area (Å²) in [5.41, 5.74) is 0.797. The first-order valence-corrected chi connectivity index (χ1v) is 7.26. The van der Waals surface area contributed by atoms with Gasteiger partial charge in [-0.05, 0) is 25.0 Å². The molecule has 0 aromatic heterocycles. The van der Waals surface area contributed by atoms with Crippen LogP contribution in [0.15, 0.2) is 30.3 Å². The quantitative estimate of drug-likeness (QED) is 0.820. The molecule has 0 radical (unpaired) electrons. The Morgan fingerprint density at radius 2 is 1.86 bits per heavy atom. The molecule has 1 rings (SSSR count). The van der Waals surface area contributed by atoms with Gasteiger partial charge in [0.2, 0.25) is 0 Å². The fourth-order valence-electron chi connectivity index (χ4n) is 2.06. The lowest BCUT2D eigenvalue weighted by atomic mass is 9.99. The molecule has 0 fully saturated rings. The highest BCUT2D eigenvalue weighted by atomic mass is 16.5. The minimum absolute atomic E-state index is 0.0101. The molecule has 0 aliphatic carbocycles. The lowest BCUT2D eigenvalue weighted by Gasteiger charge is -2.27. The molecule has 5 nitrogen and oxygen atoms in total. The van der Waals surface area contributed by atoms with Gasteiger partial charge < -0.3 is 10.1 Å². The summed E-state index contributed by atoms with van der Waals surface area (Å²) in [7, 11) is 1.33. The van der Waals surface area contributed by atoms with Crippen LogP contribution in [0.3, 0.4) is 0 Å². The van der Waals surface area contributed by atoms with Crippen molar-refractivity contribution in [1.82, 2.24) is 5.32 Å². The first-order chi connectivity index (χ1) is 10.0. The normalized spacial score (nSPS) is 13.1. The number of anilines is 1. The van der Waals surface area contributed by atoms with Gasteiger partial charge in [0.05, 0.1) is 7.11 Å². The number of carbonyl (C=O) groups is 2. The Bertz CT molecular complexity index is 462. The summed E-state index contributed by atoms with van der Waals surface area (Å²) in [6, 6.07) is 8.43. The number of rotatable bonds is 6. The molecular weight excluding hydrogens is 268 g/mol. The molecule has 2 amide bonds. The van der Waals surface area contributed by atoms with E-state index in [9.17, 15) is 9.59 Å². The topological polar surface area (TPSA) is 58.6 Å². The van der Waals surface area contributed by atoms with Crippen LogP contribution < -0.4 is 10.2 Å². The first-order valence-electron chi connectivity index (χ1n) is 7.26. The minimum Gasteiger partial charge on any atom is -0.467 e. The molecule has 1 aromatic carbocycles. The summed E-state index contributed by atoms with van der Waals surface area (Å²) in [6.07, 6.45) is 0.775. The van der Waals surface area contributed by atoms with E-state index in [1.54, 1.807) is 4.90 Å². The molecule has 0 saturated carbocycles. The number of methoxy groups -OCH3 is 1. The number of benzene rings is 1. The molecule has 0 saturated heterocycles. The Labute approximate surface area is 126 Å². The smallest absolute Gasteiger partial charge is 0.328 e. The Morgan fingerprint density at radius 1 is 1.24 bits per heavy atom. The summed E-state index contributed by atoms with van der Waals surface area (Å²) in [5.74, 6) is -0.405. The van der Waals surface area contributed by atoms with E-state index in [4.69, 9.17) is 4.74 Å². The molecule has 1 N–H and O–H groups in total. The summed E-state index contributed by atoms with van der Waals surface area (Å²) >= 11 is 0. The molecule has 0 bridgehead atoms. The molecule has 21 heavy (non-hydrogen) atoms. The van der Waals surface area contributed by atoms with Gasteiger partial charge in [-0.1, -0.05) is 38.5 Å². The number of nitrogens with one attached hydrogen (secondary N) is 1. The molecule has 116 valence electrons. The van der Waals surface area contributed by atoms with Crippen LogP contribution in [0.25, 0.3) is 0 Å². The number of para-hydroxylation sites is 1. The second kappa shape index (κ2) is 8.29. The maximum absolute atomic E-state index is 12.4. The predicted octanol–water partition coefficient (Wildman–Crippen LogP) is 2.81. The number of urea groups is 1. The number of amides is 2. The van der Waals surface area contributed by atoms with E-state index in [1.165, 1.54) is 7.11 Å². The van der Waals surface area contributed by atoms with E-state index in [0.717, 1.165) is 12.1 Å². The van der Waals surface area contributed by atoms with Gasteiger partial charge in [0.1, 0.15) is 6.04 Å². The predicted molar refractivity (Wildman–Crippen MR) is 83.3 cm³/mol. The fourth-order valence-corrected chi connectivity index (χ4v) is 2.06. The summed E-state index contributed by atoms with van der Waals surface area (Å²) in [4.78, 5) is 25.9. The number of hydrogen-bond donors (Lipinski definition) is 1. The molecule has 2 atom stereocenters. The zero-order chi connectivity index (χ0) is 15.8. The van der Waals surface area contributed by atoms with Gasteiger partial charge in [0, 0.05) is 12.2 Å². The van der Waals surface area contributed by atoms with Gasteiger partial charge in [0.25, 0.3) is 0 Å². The molecule has 0 aliphatic rings. The van der Waals surface area contributed by atoms with Crippen LogP contribution in [0.4, 0.5) is 10.5 Å². The first kappa shape index (κ1) is 17.0. The summed E-state index contributed by atoms with van der Waals surface area (Å²) < 4.78 is 4.78. The average Bonchev–Trinajstić information content (AvgIpc) is 2.52. The van der Waals surface area contributed by atoms with Crippen LogP contribution in [0, 0.1) is 5.92 Å². The Morgan fingerprint density at radius 3 is 2.33 bits per heavy atom. The molecule has 1 aromatic rings. The Kier molecular flexibility index (Phi) is 6.72. The lowest BCUT2D eigenvalue weighted by Crippen LogP contribution is -2.51. The van der Waals surface area contributed by atoms with Gasteiger partial charge in [-0.3, -0.25) is 4.90 Å². The number of carbonyl (C=O) groups excluding carboxylic acids is 2. The Balaban J connectivity index is 2.87. The van der Waals surface area contributed by atoms with Crippen molar-refractivity contribution in [3.05, 3.63) is 30.3 Å². The Hall–Kier alpha value is -2.04. The highest BCUT2D eigenvalue weighted by Crippen LogP contribution is 2.15. The van der Waals surface area contributed by atoms with Crippen molar-refractivity contribution in [2.75, 3.05) is 18.6 Å². The zero-order valence-electron chi connectivity index (χ0n) is 13.1. The van der Waals surface area contributed by atoms with Crippen LogP contribution in [0.2, 0.25) is 0 Å². The molecule has 0 heterocycles. The maximum Gasteiger partial charge on any atom is 0.328 e. The molecule has 0 spiro atoms. The standard InChI is InChI=1S/C16H24N2O3/c1-5-12(3)14(15(19)21-4)17-16(20)18(6-2)13-10-8-7-9-11-13/h7-12,14H,5-6H2,1-4H3,(H,17,20)/t12-,14+/m1/s1. The summed E-state index contributed by atoms with van der Waals surface area (Å²) in [6.45, 7) is 6.30. The second-order valence-corrected chi connectivity index (χ2v) is 4.92. The monoisotopic (exact) mass is 292 g/mol. The third kappa shape index (κ3) is 4.48. The molecule has 5 heteroatoms. The van der Waals surface area contributed by atoms with Crippen LogP contribution in [-0.2, 0) is 9.53 Å². The van der Waals surface area contributed by atoms with Crippen LogP contribution in [-0.4, -0.2) is 31.7 Å². The fraction of sp³-hybridized carbons (Fsp3) is 0.500. The number of nitrogens with zero attached hydrogens (tertiary/aromatic N) is 1. The average molecular weight is 292 g/mol. The second-order valence-electron chi connectivity index (χ2n) is 4.92. The van der Waals surface area contributed by atoms with Crippen LogP contribution in [0.5, 0.6) is 0 Å². The van der Waals surface area contributed by atoms with Crippen LogP contribution in [0.1, 0.15) is 27.2 Å². The van der Waals surface area contributed by atoms with Crippen LogP contribution >= 0.6 is 0 Å². The number of hydrogen-bond acceptors (Lipinski definition) is 3. The van der Waals surface area contributed by atoms with Crippen molar-refractivity contribution in [1.29, 1.82) is 0 Å². The van der Waals surface area contributed by atoms with Crippen molar-refractivity contribution >= 4 is 17.7 Å². The molecular formula is C16H24N2O3. The highest BCUT2D eigenvalue weighted by Gasteiger charge is 2.28. The van der Waals surface area contributed by atoms with Crippen molar-refractivity contribution in [2.24, 2.45) is 5.92 Å². The molecule has 0 aliphatic heterocycles. The third-order valence-corrected chi connectivity index (χ3v) is 3.58. The largest absolute Gasteiger partial charge is 0.467 e. The highest BCUT2D eigenvalue weighted by molar-refractivity contribution is 5.94. The SMILES string of the molecule is CC[C@@H](C)[C@H](NC(=O)N(CC)c1ccccc1)C(=O)OC. The van der Waals surface area contributed by atoms with Gasteiger partial charge >= 0.3 is 12.0 Å². The lowest BCUT2D eigenvalue weighted by molar-refractivity contribution is -0.144. The van der Waals surface area contributed by atoms with E-state index in [1.807, 2.05) is 51.1 Å². The van der Waals surface area contributed by atoms with Gasteiger partial charge in [-0.15, -0.1) is 0 Å². The van der Waals surface area contributed by atoms with Gasteiger partial charge in [-0.25, -0.2) is 9.59 Å². The van der Waals surface area contributed by atoms with Gasteiger partial charge in [-0.2, -0.15) is 0 Å². The van der Waals surface area contributed by atoms with Crippen molar-refractivity contribution < 1.29 is 14.3 Å².